The highest BCUT2D eigenvalue weighted by molar-refractivity contribution is 5.69. The highest BCUT2D eigenvalue weighted by Gasteiger charge is 2.32. The second kappa shape index (κ2) is 11.7. The molecule has 8 heteroatoms. The van der Waals surface area contributed by atoms with Crippen LogP contribution in [-0.4, -0.2) is 18.1 Å². The van der Waals surface area contributed by atoms with Crippen LogP contribution in [0.5, 0.6) is 0 Å². The maximum absolute atomic E-state index is 12.7. The van der Waals surface area contributed by atoms with Gasteiger partial charge in [0.2, 0.25) is 0 Å². The van der Waals surface area contributed by atoms with Crippen molar-refractivity contribution in [2.24, 2.45) is 11.7 Å². The molecule has 1 fully saturated rings. The summed E-state index contributed by atoms with van der Waals surface area (Å²) in [6, 6.07) is 10.4. The molecule has 1 heterocycles. The molecule has 186 valence electrons. The lowest BCUT2D eigenvalue weighted by Gasteiger charge is -2.28. The van der Waals surface area contributed by atoms with Crippen molar-refractivity contribution in [2.75, 3.05) is 12.4 Å². The van der Waals surface area contributed by atoms with E-state index in [0.717, 1.165) is 43.5 Å². The van der Waals surface area contributed by atoms with Gasteiger partial charge in [-0.2, -0.15) is 13.2 Å². The minimum atomic E-state index is -4.48. The Labute approximate surface area is 203 Å². The third-order valence-corrected chi connectivity index (χ3v) is 6.25. The fourth-order valence-electron chi connectivity index (χ4n) is 4.21. The van der Waals surface area contributed by atoms with E-state index in [1.165, 1.54) is 18.7 Å². The molecule has 5 nitrogen and oxygen atoms in total. The SMILES string of the molecule is C=C/C(=C\C=C(/N)c1ccc([C@H]2CC[C@H](CC(=O)OC)CC2)cc1)Nc1ccc(C(F)(F)F)nc1. The van der Waals surface area contributed by atoms with E-state index < -0.39 is 11.9 Å². The fraction of sp³-hybridized carbons (Fsp3) is 0.333. The van der Waals surface area contributed by atoms with Crippen molar-refractivity contribution in [2.45, 2.75) is 44.2 Å². The number of carbonyl (C=O) groups excluding carboxylic acids is 1. The van der Waals surface area contributed by atoms with Crippen LogP contribution in [0.3, 0.4) is 0 Å². The molecule has 0 amide bonds. The van der Waals surface area contributed by atoms with Gasteiger partial charge in [-0.25, -0.2) is 4.98 Å². The molecule has 1 aromatic carbocycles. The van der Waals surface area contributed by atoms with E-state index in [0.29, 0.717) is 35.3 Å². The van der Waals surface area contributed by atoms with Crippen LogP contribution in [0.15, 0.2) is 73.1 Å². The van der Waals surface area contributed by atoms with Crippen molar-refractivity contribution in [1.29, 1.82) is 0 Å². The van der Waals surface area contributed by atoms with Gasteiger partial charge in [0.05, 0.1) is 19.0 Å². The first-order valence-corrected chi connectivity index (χ1v) is 11.5. The zero-order valence-corrected chi connectivity index (χ0v) is 19.6. The summed E-state index contributed by atoms with van der Waals surface area (Å²) in [7, 11) is 1.43. The molecule has 0 radical (unpaired) electrons. The van der Waals surface area contributed by atoms with E-state index in [1.807, 2.05) is 12.1 Å². The van der Waals surface area contributed by atoms with Crippen molar-refractivity contribution in [3.63, 3.8) is 0 Å². The lowest BCUT2D eigenvalue weighted by atomic mass is 9.77. The van der Waals surface area contributed by atoms with Crippen LogP contribution in [0, 0.1) is 5.92 Å². The largest absolute Gasteiger partial charge is 0.469 e. The standard InChI is InChI=1S/C27H30F3N3O2/c1-3-22(33-23-13-15-25(32-17-23)27(28,29)30)12-14-24(31)21-10-8-20(9-11-21)19-6-4-18(5-7-19)16-26(34)35-2/h3,8-15,17-19,33H,1,4-7,16,31H2,2H3/b22-12+,24-14-/t18-,19-. The Kier molecular flexibility index (Phi) is 8.73. The molecular formula is C27H30F3N3O2. The monoisotopic (exact) mass is 485 g/mol. The molecule has 0 bridgehead atoms. The number of aromatic nitrogens is 1. The number of benzene rings is 1. The number of pyridine rings is 1. The van der Waals surface area contributed by atoms with Crippen molar-refractivity contribution in [1.82, 2.24) is 4.98 Å². The van der Waals surface area contributed by atoms with Gasteiger partial charge in [0, 0.05) is 17.8 Å². The number of ether oxygens (including phenoxy) is 1. The molecular weight excluding hydrogens is 455 g/mol. The Balaban J connectivity index is 1.59. The first-order valence-electron chi connectivity index (χ1n) is 11.5. The van der Waals surface area contributed by atoms with Crippen LogP contribution < -0.4 is 11.1 Å². The van der Waals surface area contributed by atoms with Gasteiger partial charge < -0.3 is 15.8 Å². The topological polar surface area (TPSA) is 77.2 Å². The second-order valence-corrected chi connectivity index (χ2v) is 8.62. The zero-order valence-electron chi connectivity index (χ0n) is 19.6. The Morgan fingerprint density at radius 2 is 1.83 bits per heavy atom. The number of nitrogens with one attached hydrogen (secondary N) is 1. The van der Waals surface area contributed by atoms with Gasteiger partial charge in [-0.15, -0.1) is 0 Å². The molecule has 0 aliphatic heterocycles. The van der Waals surface area contributed by atoms with Gasteiger partial charge in [-0.3, -0.25) is 4.79 Å². The summed E-state index contributed by atoms with van der Waals surface area (Å²) in [6.07, 6.45) is 6.21. The number of anilines is 1. The van der Waals surface area contributed by atoms with Crippen molar-refractivity contribution in [3.8, 4) is 0 Å². The number of carbonyl (C=O) groups is 1. The minimum absolute atomic E-state index is 0.139. The molecule has 3 N–H and O–H groups in total. The number of nitrogens with two attached hydrogens (primary N) is 1. The maximum Gasteiger partial charge on any atom is 0.433 e. The lowest BCUT2D eigenvalue weighted by Crippen LogP contribution is -2.17. The predicted octanol–water partition coefficient (Wildman–Crippen LogP) is 6.42. The number of rotatable bonds is 8. The normalized spacial score (nSPS) is 19.2. The minimum Gasteiger partial charge on any atom is -0.469 e. The van der Waals surface area contributed by atoms with Gasteiger partial charge in [0.25, 0.3) is 0 Å². The van der Waals surface area contributed by atoms with Gasteiger partial charge in [-0.1, -0.05) is 30.8 Å². The molecule has 1 saturated carbocycles. The molecule has 1 aliphatic rings. The second-order valence-electron chi connectivity index (χ2n) is 8.62. The van der Waals surface area contributed by atoms with Crippen LogP contribution in [0.1, 0.15) is 54.8 Å². The van der Waals surface area contributed by atoms with Gasteiger partial charge in [0.15, 0.2) is 0 Å². The molecule has 1 aromatic heterocycles. The Morgan fingerprint density at radius 3 is 2.37 bits per heavy atom. The molecule has 1 aliphatic carbocycles. The summed E-state index contributed by atoms with van der Waals surface area (Å²) in [5.74, 6) is 0.728. The number of nitrogens with zero attached hydrogens (tertiary/aromatic N) is 1. The van der Waals surface area contributed by atoms with Crippen LogP contribution in [0.2, 0.25) is 0 Å². The average Bonchev–Trinajstić information content (AvgIpc) is 2.86. The summed E-state index contributed by atoms with van der Waals surface area (Å²) >= 11 is 0. The molecule has 0 spiro atoms. The Hall–Kier alpha value is -3.55. The smallest absolute Gasteiger partial charge is 0.433 e. The lowest BCUT2D eigenvalue weighted by molar-refractivity contribution is -0.142. The van der Waals surface area contributed by atoms with Crippen molar-refractivity contribution in [3.05, 3.63) is 89.9 Å². The van der Waals surface area contributed by atoms with Crippen LogP contribution in [0.4, 0.5) is 18.9 Å². The fourth-order valence-corrected chi connectivity index (χ4v) is 4.21. The van der Waals surface area contributed by atoms with E-state index in [9.17, 15) is 18.0 Å². The molecule has 3 rings (SSSR count). The zero-order chi connectivity index (χ0) is 25.4. The summed E-state index contributed by atoms with van der Waals surface area (Å²) in [6.45, 7) is 3.73. The number of halogens is 3. The van der Waals surface area contributed by atoms with E-state index in [1.54, 1.807) is 18.2 Å². The van der Waals surface area contributed by atoms with Crippen molar-refractivity contribution >= 4 is 17.4 Å². The highest BCUT2D eigenvalue weighted by atomic mass is 19.4. The number of esters is 1. The van der Waals surface area contributed by atoms with Crippen molar-refractivity contribution < 1.29 is 22.7 Å². The number of hydrogen-bond donors (Lipinski definition) is 2. The molecule has 0 saturated heterocycles. The molecule has 35 heavy (non-hydrogen) atoms. The summed E-state index contributed by atoms with van der Waals surface area (Å²) in [5, 5.41) is 2.97. The summed E-state index contributed by atoms with van der Waals surface area (Å²) in [5.41, 5.74) is 8.93. The molecule has 0 atom stereocenters. The van der Waals surface area contributed by atoms with Crippen LogP contribution >= 0.6 is 0 Å². The Morgan fingerprint density at radius 1 is 1.14 bits per heavy atom. The summed E-state index contributed by atoms with van der Waals surface area (Å²) < 4.78 is 42.8. The quantitative estimate of drug-likeness (QED) is 0.333. The number of hydrogen-bond acceptors (Lipinski definition) is 5. The number of alkyl halides is 3. The van der Waals surface area contributed by atoms with Gasteiger partial charge in [-0.05, 0) is 79.0 Å². The van der Waals surface area contributed by atoms with Gasteiger partial charge >= 0.3 is 12.1 Å². The Bertz CT molecular complexity index is 1070. The van der Waals surface area contributed by atoms with Crippen LogP contribution in [0.25, 0.3) is 5.70 Å². The third kappa shape index (κ3) is 7.47. The number of methoxy groups -OCH3 is 1. The number of allylic oxidation sites excluding steroid dienone is 3. The molecule has 2 aromatic rings. The van der Waals surface area contributed by atoms with E-state index in [2.05, 4.69) is 29.0 Å². The van der Waals surface area contributed by atoms with E-state index in [4.69, 9.17) is 10.5 Å². The molecule has 0 unspecified atom stereocenters. The summed E-state index contributed by atoms with van der Waals surface area (Å²) in [4.78, 5) is 14.9. The van der Waals surface area contributed by atoms with E-state index in [-0.39, 0.29) is 5.97 Å². The highest BCUT2D eigenvalue weighted by Crippen LogP contribution is 2.37. The average molecular weight is 486 g/mol. The first kappa shape index (κ1) is 26.1. The van der Waals surface area contributed by atoms with E-state index >= 15 is 0 Å². The van der Waals surface area contributed by atoms with Gasteiger partial charge in [0.1, 0.15) is 5.69 Å². The van der Waals surface area contributed by atoms with Crippen LogP contribution in [-0.2, 0) is 15.7 Å². The maximum atomic E-state index is 12.7. The first-order chi connectivity index (χ1) is 16.7. The third-order valence-electron chi connectivity index (χ3n) is 6.25. The predicted molar refractivity (Wildman–Crippen MR) is 131 cm³/mol.